The van der Waals surface area contributed by atoms with Gasteiger partial charge in [0, 0.05) is 44.7 Å². The summed E-state index contributed by atoms with van der Waals surface area (Å²) in [4.78, 5) is 7.23. The average Bonchev–Trinajstić information content (AvgIpc) is 2.74. The molecule has 31 heavy (non-hydrogen) atoms. The van der Waals surface area contributed by atoms with Gasteiger partial charge in [-0.05, 0) is 44.2 Å². The molecule has 0 radical (unpaired) electrons. The fourth-order valence-corrected chi connectivity index (χ4v) is 4.46. The molecule has 176 valence electrons. The van der Waals surface area contributed by atoms with Crippen molar-refractivity contribution in [2.45, 2.75) is 77.8 Å². The van der Waals surface area contributed by atoms with Gasteiger partial charge in [0.1, 0.15) is 0 Å². The van der Waals surface area contributed by atoms with Gasteiger partial charge in [0.2, 0.25) is 0 Å². The van der Waals surface area contributed by atoms with E-state index in [4.69, 9.17) is 9.73 Å². The van der Waals surface area contributed by atoms with E-state index in [1.54, 1.807) is 7.11 Å². The summed E-state index contributed by atoms with van der Waals surface area (Å²) in [7, 11) is 1.80. The molecule has 2 atom stereocenters. The molecule has 1 aliphatic heterocycles. The normalized spacial score (nSPS) is 26.6. The quantitative estimate of drug-likeness (QED) is 0.279. The number of likely N-dealkylation sites (tertiary alicyclic amines) is 1. The number of aliphatic hydroxyl groups excluding tert-OH is 1. The predicted molar refractivity (Wildman–Crippen MR) is 138 cm³/mol. The highest BCUT2D eigenvalue weighted by atomic mass is 127. The summed E-state index contributed by atoms with van der Waals surface area (Å²) in [5.41, 5.74) is 2.48. The van der Waals surface area contributed by atoms with E-state index in [0.29, 0.717) is 12.6 Å². The lowest BCUT2D eigenvalue weighted by Crippen LogP contribution is -2.69. The van der Waals surface area contributed by atoms with Gasteiger partial charge in [-0.25, -0.2) is 4.99 Å². The van der Waals surface area contributed by atoms with E-state index in [1.165, 1.54) is 11.1 Å². The van der Waals surface area contributed by atoms with E-state index in [-0.39, 0.29) is 41.1 Å². The monoisotopic (exact) mass is 544 g/mol. The van der Waals surface area contributed by atoms with E-state index in [1.807, 2.05) is 0 Å². The van der Waals surface area contributed by atoms with Gasteiger partial charge in [-0.3, -0.25) is 4.90 Å². The van der Waals surface area contributed by atoms with Crippen LogP contribution < -0.4 is 10.6 Å². The van der Waals surface area contributed by atoms with Crippen LogP contribution in [0.1, 0.15) is 58.1 Å². The van der Waals surface area contributed by atoms with Gasteiger partial charge in [-0.15, -0.1) is 24.0 Å². The minimum atomic E-state index is -0.116. The Morgan fingerprint density at radius 3 is 2.32 bits per heavy atom. The van der Waals surface area contributed by atoms with Crippen molar-refractivity contribution in [3.05, 3.63) is 35.4 Å². The van der Waals surface area contributed by atoms with Crippen molar-refractivity contribution in [1.29, 1.82) is 0 Å². The number of guanidine groups is 1. The molecule has 1 heterocycles. The molecule has 2 aliphatic rings. The smallest absolute Gasteiger partial charge is 0.191 e. The van der Waals surface area contributed by atoms with Crippen LogP contribution in [0.25, 0.3) is 0 Å². The zero-order valence-electron chi connectivity index (χ0n) is 19.8. The lowest BCUT2D eigenvalue weighted by molar-refractivity contribution is -0.176. The number of hydrogen-bond acceptors (Lipinski definition) is 4. The van der Waals surface area contributed by atoms with Gasteiger partial charge in [0.15, 0.2) is 5.96 Å². The Balaban J connectivity index is 0.00000341. The van der Waals surface area contributed by atoms with Crippen LogP contribution in [-0.2, 0) is 17.8 Å². The summed E-state index contributed by atoms with van der Waals surface area (Å²) >= 11 is 0. The number of aliphatic imine (C=N–C) groups is 1. The Morgan fingerprint density at radius 2 is 1.77 bits per heavy atom. The van der Waals surface area contributed by atoms with Crippen LogP contribution in [-0.4, -0.2) is 60.5 Å². The molecule has 0 aromatic heterocycles. The van der Waals surface area contributed by atoms with Crippen LogP contribution in [0.15, 0.2) is 29.3 Å². The van der Waals surface area contributed by atoms with Crippen LogP contribution in [0.2, 0.25) is 0 Å². The van der Waals surface area contributed by atoms with Crippen molar-refractivity contribution in [3.8, 4) is 0 Å². The molecular weight excluding hydrogens is 503 g/mol. The second-order valence-electron chi connectivity index (χ2n) is 9.58. The molecule has 3 N–H and O–H groups in total. The van der Waals surface area contributed by atoms with E-state index in [9.17, 15) is 5.11 Å². The molecule has 1 aliphatic carbocycles. The predicted octanol–water partition coefficient (Wildman–Crippen LogP) is 3.52. The molecule has 1 aromatic carbocycles. The van der Waals surface area contributed by atoms with Gasteiger partial charge in [-0.2, -0.15) is 0 Å². The van der Waals surface area contributed by atoms with Crippen molar-refractivity contribution in [3.63, 3.8) is 0 Å². The first-order chi connectivity index (χ1) is 14.3. The molecule has 0 amide bonds. The third kappa shape index (κ3) is 6.33. The number of halogens is 1. The highest BCUT2D eigenvalue weighted by Crippen LogP contribution is 2.51. The lowest BCUT2D eigenvalue weighted by Gasteiger charge is -2.59. The minimum absolute atomic E-state index is 0. The van der Waals surface area contributed by atoms with Crippen LogP contribution in [0.5, 0.6) is 0 Å². The zero-order chi connectivity index (χ0) is 21.8. The minimum Gasteiger partial charge on any atom is -0.393 e. The SMILES string of the molecule is CCNC(=NCc1ccc(CN2CCC(O)CC2)cc1)NC1CC(C)(OC)C1(C)C.I. The van der Waals surface area contributed by atoms with E-state index >= 15 is 0 Å². The molecule has 2 fully saturated rings. The van der Waals surface area contributed by atoms with Crippen molar-refractivity contribution in [2.24, 2.45) is 10.4 Å². The summed E-state index contributed by atoms with van der Waals surface area (Å²) in [6.45, 7) is 13.2. The Labute approximate surface area is 205 Å². The molecule has 1 saturated heterocycles. The summed E-state index contributed by atoms with van der Waals surface area (Å²) in [5, 5.41) is 16.6. The number of rotatable bonds is 7. The molecule has 1 saturated carbocycles. The topological polar surface area (TPSA) is 69.1 Å². The summed E-state index contributed by atoms with van der Waals surface area (Å²) < 4.78 is 5.74. The third-order valence-electron chi connectivity index (χ3n) is 7.34. The molecule has 6 nitrogen and oxygen atoms in total. The summed E-state index contributed by atoms with van der Waals surface area (Å²) in [6, 6.07) is 9.10. The van der Waals surface area contributed by atoms with E-state index in [2.05, 4.69) is 67.5 Å². The Morgan fingerprint density at radius 1 is 1.16 bits per heavy atom. The molecular formula is C24H41IN4O2. The summed E-state index contributed by atoms with van der Waals surface area (Å²) in [6.07, 6.45) is 2.63. The van der Waals surface area contributed by atoms with Gasteiger partial charge in [-0.1, -0.05) is 38.1 Å². The highest BCUT2D eigenvalue weighted by molar-refractivity contribution is 14.0. The first kappa shape index (κ1) is 26.4. The number of aliphatic hydroxyl groups is 1. The fourth-order valence-electron chi connectivity index (χ4n) is 4.46. The third-order valence-corrected chi connectivity index (χ3v) is 7.34. The molecule has 7 heteroatoms. The number of nitrogens with one attached hydrogen (secondary N) is 2. The number of piperidine rings is 1. The molecule has 2 unspecified atom stereocenters. The van der Waals surface area contributed by atoms with Crippen LogP contribution in [0.3, 0.4) is 0 Å². The maximum atomic E-state index is 9.66. The number of hydrogen-bond donors (Lipinski definition) is 3. The fraction of sp³-hybridized carbons (Fsp3) is 0.708. The van der Waals surface area contributed by atoms with Crippen LogP contribution in [0, 0.1) is 5.41 Å². The molecule has 1 aromatic rings. The number of benzene rings is 1. The largest absolute Gasteiger partial charge is 0.393 e. The molecule has 0 spiro atoms. The van der Waals surface area contributed by atoms with E-state index in [0.717, 1.165) is 51.4 Å². The Kier molecular flexibility index (Phi) is 9.60. The number of ether oxygens (including phenoxy) is 1. The Bertz CT molecular complexity index is 717. The highest BCUT2D eigenvalue weighted by Gasteiger charge is 2.58. The van der Waals surface area contributed by atoms with Gasteiger partial charge in [0.05, 0.1) is 18.2 Å². The van der Waals surface area contributed by atoms with Gasteiger partial charge in [0.25, 0.3) is 0 Å². The number of methoxy groups -OCH3 is 1. The number of nitrogens with zero attached hydrogens (tertiary/aromatic N) is 2. The van der Waals surface area contributed by atoms with Crippen molar-refractivity contribution in [1.82, 2.24) is 15.5 Å². The standard InChI is InChI=1S/C24H40N4O2.HI/c1-6-25-22(27-21-15-24(4,30-5)23(21,2)3)26-16-18-7-9-19(10-8-18)17-28-13-11-20(29)12-14-28;/h7-10,20-21,29H,6,11-17H2,1-5H3,(H2,25,26,27);1H. The van der Waals surface area contributed by atoms with Crippen LogP contribution >= 0.6 is 24.0 Å². The Hall–Kier alpha value is -0.900. The first-order valence-electron chi connectivity index (χ1n) is 11.4. The van der Waals surface area contributed by atoms with E-state index < -0.39 is 0 Å². The molecule has 0 bridgehead atoms. The van der Waals surface area contributed by atoms with Crippen molar-refractivity contribution in [2.75, 3.05) is 26.7 Å². The lowest BCUT2D eigenvalue weighted by atomic mass is 9.56. The maximum absolute atomic E-state index is 9.66. The average molecular weight is 545 g/mol. The zero-order valence-corrected chi connectivity index (χ0v) is 22.1. The van der Waals surface area contributed by atoms with Crippen molar-refractivity contribution >= 4 is 29.9 Å². The second-order valence-corrected chi connectivity index (χ2v) is 9.58. The van der Waals surface area contributed by atoms with Gasteiger partial charge >= 0.3 is 0 Å². The summed E-state index contributed by atoms with van der Waals surface area (Å²) in [5.74, 6) is 0.865. The van der Waals surface area contributed by atoms with Crippen molar-refractivity contribution < 1.29 is 9.84 Å². The first-order valence-corrected chi connectivity index (χ1v) is 11.4. The maximum Gasteiger partial charge on any atom is 0.191 e. The van der Waals surface area contributed by atoms with Gasteiger partial charge < -0.3 is 20.5 Å². The van der Waals surface area contributed by atoms with Crippen LogP contribution in [0.4, 0.5) is 0 Å². The molecule has 3 rings (SSSR count). The second kappa shape index (κ2) is 11.3.